The molecular weight excluding hydrogens is 522 g/mol. The van der Waals surface area contributed by atoms with Crippen LogP contribution in [0.15, 0.2) is 78.9 Å². The van der Waals surface area contributed by atoms with Crippen molar-refractivity contribution in [3.63, 3.8) is 0 Å². The lowest BCUT2D eigenvalue weighted by Crippen LogP contribution is -2.56. The first-order valence-corrected chi connectivity index (χ1v) is 14.4. The lowest BCUT2D eigenvalue weighted by molar-refractivity contribution is -0.123. The minimum Gasteiger partial charge on any atom is -0.368 e. The summed E-state index contributed by atoms with van der Waals surface area (Å²) in [5.74, 6) is -0.656. The Morgan fingerprint density at radius 2 is 1.37 bits per heavy atom. The molecule has 1 atom stereocenters. The van der Waals surface area contributed by atoms with Gasteiger partial charge in [0.1, 0.15) is 17.7 Å². The normalized spacial score (nSPS) is 14.3. The second-order valence-electron chi connectivity index (χ2n) is 11.0. The topological polar surface area (TPSA) is 64.7 Å². The molecule has 0 saturated carbocycles. The number of amides is 3. The highest BCUT2D eigenvalue weighted by atomic mass is 19.1. The molecule has 0 aromatic heterocycles. The molecule has 0 bridgehead atoms. The Labute approximate surface area is 241 Å². The largest absolute Gasteiger partial charge is 0.368 e. The molecule has 6 nitrogen and oxygen atoms in total. The third-order valence-electron chi connectivity index (χ3n) is 7.52. The summed E-state index contributed by atoms with van der Waals surface area (Å²) in [6.45, 7) is 7.14. The highest BCUT2D eigenvalue weighted by molar-refractivity contribution is 5.87. The van der Waals surface area contributed by atoms with Gasteiger partial charge in [-0.25, -0.2) is 13.6 Å². The van der Waals surface area contributed by atoms with Crippen LogP contribution in [-0.2, 0) is 4.79 Å². The molecule has 3 amide bonds. The van der Waals surface area contributed by atoms with Crippen LogP contribution < -0.4 is 15.5 Å². The number of anilines is 1. The summed E-state index contributed by atoms with van der Waals surface area (Å²) < 4.78 is 27.1. The fraction of sp³-hybridized carbons (Fsp3) is 0.394. The number of rotatable bonds is 11. The Kier molecular flexibility index (Phi) is 10.7. The molecule has 8 heteroatoms. The van der Waals surface area contributed by atoms with Gasteiger partial charge in [-0.1, -0.05) is 56.3 Å². The third kappa shape index (κ3) is 8.77. The van der Waals surface area contributed by atoms with Crippen molar-refractivity contribution in [2.75, 3.05) is 37.6 Å². The number of carbonyl (C=O) groups excluding carboxylic acids is 2. The molecule has 1 saturated heterocycles. The molecule has 4 rings (SSSR count). The number of carbonyl (C=O) groups is 2. The highest BCUT2D eigenvalue weighted by Gasteiger charge is 2.27. The standard InChI is InChI=1S/C33H40F2N4O2/c1-24(2)23-31(37-33(41)39-21-19-38(20-22-39)29-7-4-3-5-8-29)32(40)36-18-6-9-30(25-10-14-27(34)15-11-25)26-12-16-28(35)17-13-26/h3-5,7-8,10-17,24,30-31H,6,9,18-23H2,1-2H3,(H,36,40)(H,37,41). The Hall–Kier alpha value is -3.94. The average Bonchev–Trinajstić information content (AvgIpc) is 2.98. The van der Waals surface area contributed by atoms with E-state index in [9.17, 15) is 18.4 Å². The average molecular weight is 563 g/mol. The second kappa shape index (κ2) is 14.6. The molecule has 1 aliphatic heterocycles. The van der Waals surface area contributed by atoms with Gasteiger partial charge in [0.15, 0.2) is 0 Å². The van der Waals surface area contributed by atoms with Crippen LogP contribution in [0, 0.1) is 17.6 Å². The van der Waals surface area contributed by atoms with Crippen molar-refractivity contribution in [1.29, 1.82) is 0 Å². The summed E-state index contributed by atoms with van der Waals surface area (Å²) in [6.07, 6.45) is 1.88. The van der Waals surface area contributed by atoms with Crippen LogP contribution in [0.5, 0.6) is 0 Å². The number of hydrogen-bond donors (Lipinski definition) is 2. The molecule has 2 N–H and O–H groups in total. The maximum atomic E-state index is 13.5. The number of piperazine rings is 1. The molecule has 0 radical (unpaired) electrons. The summed E-state index contributed by atoms with van der Waals surface area (Å²) in [6, 6.07) is 22.0. The van der Waals surface area contributed by atoms with E-state index in [1.165, 1.54) is 24.3 Å². The Bertz CT molecular complexity index is 1200. The van der Waals surface area contributed by atoms with Crippen LogP contribution in [0.3, 0.4) is 0 Å². The van der Waals surface area contributed by atoms with E-state index in [4.69, 9.17) is 0 Å². The van der Waals surface area contributed by atoms with Crippen LogP contribution in [-0.4, -0.2) is 55.6 Å². The summed E-state index contributed by atoms with van der Waals surface area (Å²) in [7, 11) is 0. The van der Waals surface area contributed by atoms with Gasteiger partial charge in [-0.2, -0.15) is 0 Å². The molecular formula is C33H40F2N4O2. The smallest absolute Gasteiger partial charge is 0.318 e. The van der Waals surface area contributed by atoms with Crippen molar-refractivity contribution in [1.82, 2.24) is 15.5 Å². The minimum atomic E-state index is -0.625. The van der Waals surface area contributed by atoms with Crippen LogP contribution in [0.4, 0.5) is 19.3 Å². The van der Waals surface area contributed by atoms with Gasteiger partial charge < -0.3 is 20.4 Å². The molecule has 0 aliphatic carbocycles. The third-order valence-corrected chi connectivity index (χ3v) is 7.52. The van der Waals surface area contributed by atoms with Crippen molar-refractivity contribution in [2.24, 2.45) is 5.92 Å². The Morgan fingerprint density at radius 3 is 1.90 bits per heavy atom. The maximum absolute atomic E-state index is 13.5. The van der Waals surface area contributed by atoms with Crippen molar-refractivity contribution in [3.05, 3.63) is 102 Å². The van der Waals surface area contributed by atoms with E-state index in [1.54, 1.807) is 29.2 Å². The van der Waals surface area contributed by atoms with Crippen molar-refractivity contribution < 1.29 is 18.4 Å². The van der Waals surface area contributed by atoms with Gasteiger partial charge >= 0.3 is 6.03 Å². The highest BCUT2D eigenvalue weighted by Crippen LogP contribution is 2.29. The van der Waals surface area contributed by atoms with Crippen molar-refractivity contribution in [3.8, 4) is 0 Å². The molecule has 1 fully saturated rings. The number of urea groups is 1. The van der Waals surface area contributed by atoms with E-state index in [-0.39, 0.29) is 35.4 Å². The molecule has 3 aromatic rings. The quantitative estimate of drug-likeness (QED) is 0.285. The zero-order valence-corrected chi connectivity index (χ0v) is 23.9. The molecule has 1 aliphatic rings. The van der Waals surface area contributed by atoms with Gasteiger partial charge in [0.2, 0.25) is 5.91 Å². The lowest BCUT2D eigenvalue weighted by atomic mass is 9.87. The van der Waals surface area contributed by atoms with Crippen LogP contribution in [0.1, 0.15) is 50.2 Å². The number of para-hydroxylation sites is 1. The fourth-order valence-electron chi connectivity index (χ4n) is 5.31. The molecule has 1 heterocycles. The van der Waals surface area contributed by atoms with Crippen molar-refractivity contribution >= 4 is 17.6 Å². The minimum absolute atomic E-state index is 0.0613. The van der Waals surface area contributed by atoms with E-state index in [2.05, 4.69) is 27.7 Å². The van der Waals surface area contributed by atoms with Gasteiger partial charge in [0, 0.05) is 44.3 Å². The van der Waals surface area contributed by atoms with Gasteiger partial charge in [-0.05, 0) is 72.7 Å². The van der Waals surface area contributed by atoms with E-state index in [1.807, 2.05) is 32.0 Å². The number of benzene rings is 3. The predicted molar refractivity (Wildman–Crippen MR) is 159 cm³/mol. The van der Waals surface area contributed by atoms with Crippen LogP contribution in [0.25, 0.3) is 0 Å². The number of halogens is 2. The van der Waals surface area contributed by atoms with Gasteiger partial charge in [-0.15, -0.1) is 0 Å². The van der Waals surface area contributed by atoms with Crippen LogP contribution in [0.2, 0.25) is 0 Å². The molecule has 41 heavy (non-hydrogen) atoms. The van der Waals surface area contributed by atoms with Crippen LogP contribution >= 0.6 is 0 Å². The first-order valence-electron chi connectivity index (χ1n) is 14.4. The molecule has 1 unspecified atom stereocenters. The fourth-order valence-corrected chi connectivity index (χ4v) is 5.31. The summed E-state index contributed by atoms with van der Waals surface area (Å²) in [5, 5.41) is 5.97. The lowest BCUT2D eigenvalue weighted by Gasteiger charge is -2.36. The SMILES string of the molecule is CC(C)CC(NC(=O)N1CCN(c2ccccc2)CC1)C(=O)NCCCC(c1ccc(F)cc1)c1ccc(F)cc1. The van der Waals surface area contributed by atoms with E-state index in [0.717, 1.165) is 29.9 Å². The first kappa shape index (κ1) is 30.0. The molecule has 3 aromatic carbocycles. The summed E-state index contributed by atoms with van der Waals surface area (Å²) in [4.78, 5) is 30.3. The molecule has 0 spiro atoms. The predicted octanol–water partition coefficient (Wildman–Crippen LogP) is 5.94. The number of nitrogens with one attached hydrogen (secondary N) is 2. The second-order valence-corrected chi connectivity index (χ2v) is 11.0. The number of hydrogen-bond acceptors (Lipinski definition) is 3. The van der Waals surface area contributed by atoms with E-state index in [0.29, 0.717) is 38.9 Å². The van der Waals surface area contributed by atoms with Gasteiger partial charge in [-0.3, -0.25) is 4.79 Å². The monoisotopic (exact) mass is 562 g/mol. The zero-order chi connectivity index (χ0) is 29.2. The van der Waals surface area contributed by atoms with E-state index >= 15 is 0 Å². The van der Waals surface area contributed by atoms with Gasteiger partial charge in [0.25, 0.3) is 0 Å². The van der Waals surface area contributed by atoms with Gasteiger partial charge in [0.05, 0.1) is 0 Å². The Morgan fingerprint density at radius 1 is 0.805 bits per heavy atom. The Balaban J connectivity index is 1.30. The summed E-state index contributed by atoms with van der Waals surface area (Å²) >= 11 is 0. The van der Waals surface area contributed by atoms with E-state index < -0.39 is 6.04 Å². The maximum Gasteiger partial charge on any atom is 0.318 e. The zero-order valence-electron chi connectivity index (χ0n) is 23.9. The molecule has 218 valence electrons. The van der Waals surface area contributed by atoms with Crippen molar-refractivity contribution in [2.45, 2.75) is 45.1 Å². The number of nitrogens with zero attached hydrogens (tertiary/aromatic N) is 2. The first-order chi connectivity index (χ1) is 19.8. The summed E-state index contributed by atoms with van der Waals surface area (Å²) in [5.41, 5.74) is 3.01.